The monoisotopic (exact) mass is 507 g/mol. The molecule has 0 unspecified atom stereocenters. The van der Waals surface area contributed by atoms with Crippen LogP contribution in [-0.2, 0) is 19.4 Å². The van der Waals surface area contributed by atoms with Crippen molar-refractivity contribution >= 4 is 44.4 Å². The van der Waals surface area contributed by atoms with Crippen LogP contribution in [0.2, 0.25) is 0 Å². The van der Waals surface area contributed by atoms with Crippen LogP contribution in [0.5, 0.6) is 0 Å². The van der Waals surface area contributed by atoms with Crippen LogP contribution < -0.4 is 5.32 Å². The molecule has 1 amide bonds. The van der Waals surface area contributed by atoms with Crippen molar-refractivity contribution in [3.05, 3.63) is 92.9 Å². The molecule has 0 saturated heterocycles. The molecule has 7 heteroatoms. The summed E-state index contributed by atoms with van der Waals surface area (Å²) in [5.41, 5.74) is 3.89. The highest BCUT2D eigenvalue weighted by atomic mass is 79.9. The normalized spacial score (nSPS) is 13.4. The number of aryl methyl sites for hydroxylation is 1. The lowest BCUT2D eigenvalue weighted by molar-refractivity contribution is 0.0948. The summed E-state index contributed by atoms with van der Waals surface area (Å²) in [5.74, 6) is 0.649. The Labute approximate surface area is 198 Å². The fraction of sp³-hybridized carbons (Fsp3) is 0.200. The third-order valence-corrected chi connectivity index (χ3v) is 7.31. The molecular weight excluding hydrogens is 486 g/mol. The van der Waals surface area contributed by atoms with Crippen LogP contribution in [0.15, 0.2) is 74.9 Å². The highest BCUT2D eigenvalue weighted by molar-refractivity contribution is 9.10. The Morgan fingerprint density at radius 1 is 1.16 bits per heavy atom. The number of hydrogen-bond acceptors (Lipinski definition) is 4. The number of benzene rings is 1. The third-order valence-electron chi connectivity index (χ3n) is 5.58. The Bertz CT molecular complexity index is 1250. The number of fused-ring (bicyclic) bond motifs is 1. The highest BCUT2D eigenvalue weighted by Gasteiger charge is 2.25. The van der Waals surface area contributed by atoms with Crippen molar-refractivity contribution in [3.8, 4) is 5.69 Å². The van der Waals surface area contributed by atoms with Gasteiger partial charge in [-0.1, -0.05) is 15.9 Å². The van der Waals surface area contributed by atoms with Gasteiger partial charge in [0.25, 0.3) is 5.91 Å². The molecular formula is C25H22BrN3O2S. The van der Waals surface area contributed by atoms with Crippen LogP contribution in [0.3, 0.4) is 0 Å². The van der Waals surface area contributed by atoms with Gasteiger partial charge >= 0.3 is 0 Å². The summed E-state index contributed by atoms with van der Waals surface area (Å²) in [6, 6.07) is 15.9. The number of nitrogens with one attached hydrogen (secondary N) is 1. The molecule has 3 heterocycles. The Hall–Kier alpha value is -2.90. The molecule has 0 bridgehead atoms. The lowest BCUT2D eigenvalue weighted by Gasteiger charge is -2.12. The minimum absolute atomic E-state index is 0.0868. The van der Waals surface area contributed by atoms with E-state index < -0.39 is 0 Å². The Balaban J connectivity index is 1.44. The van der Waals surface area contributed by atoms with E-state index in [1.165, 1.54) is 4.88 Å². The molecule has 1 aromatic carbocycles. The summed E-state index contributed by atoms with van der Waals surface area (Å²) >= 11 is 5.13. The van der Waals surface area contributed by atoms with Crippen LogP contribution in [0.4, 0.5) is 5.00 Å². The lowest BCUT2D eigenvalue weighted by Crippen LogP contribution is -2.23. The van der Waals surface area contributed by atoms with Gasteiger partial charge in [-0.25, -0.2) is 4.99 Å². The number of nitrogens with zero attached hydrogens (tertiary/aromatic N) is 2. The molecule has 0 fully saturated rings. The van der Waals surface area contributed by atoms with Crippen molar-refractivity contribution in [1.29, 1.82) is 0 Å². The highest BCUT2D eigenvalue weighted by Crippen LogP contribution is 2.40. The van der Waals surface area contributed by atoms with E-state index in [2.05, 4.69) is 37.9 Å². The van der Waals surface area contributed by atoms with Crippen LogP contribution in [0.25, 0.3) is 5.69 Å². The molecule has 0 radical (unpaired) electrons. The molecule has 5 rings (SSSR count). The van der Waals surface area contributed by atoms with E-state index in [-0.39, 0.29) is 5.91 Å². The van der Waals surface area contributed by atoms with E-state index in [4.69, 9.17) is 9.41 Å². The number of carbonyl (C=O) groups is 1. The van der Waals surface area contributed by atoms with E-state index in [9.17, 15) is 4.79 Å². The van der Waals surface area contributed by atoms with Crippen LogP contribution >= 0.6 is 27.3 Å². The van der Waals surface area contributed by atoms with Crippen molar-refractivity contribution in [2.45, 2.75) is 32.2 Å². The first-order valence-corrected chi connectivity index (χ1v) is 12.2. The first-order valence-electron chi connectivity index (χ1n) is 10.6. The quantitative estimate of drug-likeness (QED) is 0.304. The minimum Gasteiger partial charge on any atom is -0.467 e. The summed E-state index contributed by atoms with van der Waals surface area (Å²) < 4.78 is 8.48. The van der Waals surface area contributed by atoms with Gasteiger partial charge in [-0.15, -0.1) is 11.3 Å². The molecule has 3 aromatic heterocycles. The Morgan fingerprint density at radius 3 is 2.81 bits per heavy atom. The fourth-order valence-corrected chi connectivity index (χ4v) is 5.50. The number of carbonyl (C=O) groups excluding carboxylic acids is 1. The van der Waals surface area contributed by atoms with Crippen LogP contribution in [-0.4, -0.2) is 16.7 Å². The smallest absolute Gasteiger partial charge is 0.255 e. The van der Waals surface area contributed by atoms with E-state index in [0.717, 1.165) is 57.9 Å². The van der Waals surface area contributed by atoms with E-state index in [0.29, 0.717) is 12.1 Å². The maximum Gasteiger partial charge on any atom is 0.255 e. The SMILES string of the molecule is O=C(NCc1ccco1)c1c(N=Cc2cccn2-c2ccc(Br)cc2)sc2c1CCCC2. The van der Waals surface area contributed by atoms with Crippen molar-refractivity contribution < 1.29 is 9.21 Å². The molecule has 32 heavy (non-hydrogen) atoms. The van der Waals surface area contributed by atoms with Gasteiger partial charge in [0.1, 0.15) is 10.8 Å². The molecule has 0 spiro atoms. The minimum atomic E-state index is -0.0868. The van der Waals surface area contributed by atoms with E-state index >= 15 is 0 Å². The van der Waals surface area contributed by atoms with Crippen LogP contribution in [0.1, 0.15) is 45.1 Å². The lowest BCUT2D eigenvalue weighted by atomic mass is 9.95. The fourth-order valence-electron chi connectivity index (χ4n) is 4.01. The molecule has 0 saturated carbocycles. The average Bonchev–Trinajstić information content (AvgIpc) is 3.56. The Morgan fingerprint density at radius 2 is 2.00 bits per heavy atom. The summed E-state index contributed by atoms with van der Waals surface area (Å²) in [6.45, 7) is 0.367. The predicted octanol–water partition coefficient (Wildman–Crippen LogP) is 6.45. The molecule has 1 N–H and O–H groups in total. The van der Waals surface area contributed by atoms with Gasteiger partial charge in [0, 0.05) is 21.2 Å². The average molecular weight is 508 g/mol. The Kier molecular flexibility index (Phi) is 6.10. The van der Waals surface area contributed by atoms with Crippen molar-refractivity contribution in [2.24, 2.45) is 4.99 Å². The van der Waals surface area contributed by atoms with Crippen molar-refractivity contribution in [2.75, 3.05) is 0 Å². The number of rotatable bonds is 6. The predicted molar refractivity (Wildman–Crippen MR) is 132 cm³/mol. The zero-order valence-electron chi connectivity index (χ0n) is 17.4. The van der Waals surface area contributed by atoms with Gasteiger partial charge in [0.2, 0.25) is 0 Å². The summed E-state index contributed by atoms with van der Waals surface area (Å²) in [5, 5.41) is 3.78. The van der Waals surface area contributed by atoms with Gasteiger partial charge in [-0.05, 0) is 79.8 Å². The summed E-state index contributed by atoms with van der Waals surface area (Å²) in [4.78, 5) is 19.2. The second-order valence-corrected chi connectivity index (χ2v) is 9.69. The zero-order chi connectivity index (χ0) is 21.9. The number of aliphatic imine (C=N–C) groups is 1. The molecule has 0 atom stereocenters. The number of thiophene rings is 1. The third kappa shape index (κ3) is 4.36. The zero-order valence-corrected chi connectivity index (χ0v) is 19.8. The molecule has 1 aliphatic carbocycles. The number of amides is 1. The van der Waals surface area contributed by atoms with Gasteiger partial charge in [0.15, 0.2) is 0 Å². The summed E-state index contributed by atoms with van der Waals surface area (Å²) in [6.07, 6.45) is 9.70. The first kappa shape index (κ1) is 21.0. The van der Waals surface area contributed by atoms with Crippen molar-refractivity contribution in [1.82, 2.24) is 9.88 Å². The number of aromatic nitrogens is 1. The van der Waals surface area contributed by atoms with Gasteiger partial charge < -0.3 is 14.3 Å². The topological polar surface area (TPSA) is 59.5 Å². The van der Waals surface area contributed by atoms with Crippen LogP contribution in [0, 0.1) is 0 Å². The van der Waals surface area contributed by atoms with Gasteiger partial charge in [0.05, 0.1) is 30.3 Å². The van der Waals surface area contributed by atoms with E-state index in [1.807, 2.05) is 48.8 Å². The number of furan rings is 1. The molecule has 5 nitrogen and oxygen atoms in total. The maximum absolute atomic E-state index is 13.1. The van der Waals surface area contributed by atoms with Crippen molar-refractivity contribution in [3.63, 3.8) is 0 Å². The number of hydrogen-bond donors (Lipinski definition) is 1. The largest absolute Gasteiger partial charge is 0.467 e. The van der Waals surface area contributed by atoms with Gasteiger partial charge in [-0.2, -0.15) is 0 Å². The molecule has 0 aliphatic heterocycles. The maximum atomic E-state index is 13.1. The molecule has 4 aromatic rings. The van der Waals surface area contributed by atoms with Gasteiger partial charge in [-0.3, -0.25) is 4.79 Å². The first-order chi connectivity index (χ1) is 15.7. The molecule has 162 valence electrons. The number of halogens is 1. The molecule has 1 aliphatic rings. The standard InChI is InChI=1S/C25H22BrN3O2S/c26-17-9-11-18(12-10-17)29-13-3-5-19(29)15-28-25-23(21-7-1-2-8-22(21)32-25)24(30)27-16-20-6-4-14-31-20/h3-6,9-15H,1-2,7-8,16H2,(H,27,30). The second kappa shape index (κ2) is 9.30. The van der Waals surface area contributed by atoms with E-state index in [1.54, 1.807) is 17.6 Å². The summed E-state index contributed by atoms with van der Waals surface area (Å²) in [7, 11) is 0. The second-order valence-electron chi connectivity index (χ2n) is 7.69.